The number of primary amides is 1. The Balaban J connectivity index is 2.06. The number of aromatic nitrogens is 1. The first-order valence-corrected chi connectivity index (χ1v) is 7.38. The topological polar surface area (TPSA) is 59.2 Å². The molecule has 3 rings (SSSR count). The molecule has 0 saturated carbocycles. The minimum atomic E-state index is -0.272. The van der Waals surface area contributed by atoms with E-state index in [1.165, 1.54) is 0 Å². The summed E-state index contributed by atoms with van der Waals surface area (Å²) in [4.78, 5) is 18.1. The van der Waals surface area contributed by atoms with Gasteiger partial charge in [-0.1, -0.05) is 22.9 Å². The van der Waals surface area contributed by atoms with Crippen molar-refractivity contribution in [1.82, 2.24) is 4.98 Å². The van der Waals surface area contributed by atoms with Crippen molar-refractivity contribution in [2.75, 3.05) is 11.4 Å². The van der Waals surface area contributed by atoms with Gasteiger partial charge in [0.05, 0.1) is 10.2 Å². The Labute approximate surface area is 120 Å². The third-order valence-corrected chi connectivity index (χ3v) is 4.72. The lowest BCUT2D eigenvalue weighted by Crippen LogP contribution is -2.40. The fourth-order valence-corrected chi connectivity index (χ4v) is 4.05. The summed E-state index contributed by atoms with van der Waals surface area (Å²) < 4.78 is 1.05. The number of benzene rings is 1. The van der Waals surface area contributed by atoms with Crippen LogP contribution in [-0.2, 0) is 4.79 Å². The third kappa shape index (κ3) is 2.17. The van der Waals surface area contributed by atoms with Crippen LogP contribution in [0.15, 0.2) is 12.1 Å². The molecule has 4 nitrogen and oxygen atoms in total. The summed E-state index contributed by atoms with van der Waals surface area (Å²) in [5.74, 6) is -0.272. The van der Waals surface area contributed by atoms with Gasteiger partial charge >= 0.3 is 0 Å². The third-order valence-electron chi connectivity index (χ3n) is 3.47. The molecule has 2 heterocycles. The predicted molar refractivity (Wildman–Crippen MR) is 78.9 cm³/mol. The highest BCUT2D eigenvalue weighted by Gasteiger charge is 2.31. The first-order valence-electron chi connectivity index (χ1n) is 6.19. The van der Waals surface area contributed by atoms with Gasteiger partial charge in [0.1, 0.15) is 6.04 Å². The second kappa shape index (κ2) is 4.65. The van der Waals surface area contributed by atoms with Crippen LogP contribution in [0.25, 0.3) is 10.2 Å². The molecule has 1 atom stereocenters. The summed E-state index contributed by atoms with van der Waals surface area (Å²) in [7, 11) is 0. The van der Waals surface area contributed by atoms with E-state index >= 15 is 0 Å². The highest BCUT2D eigenvalue weighted by atomic mass is 35.5. The summed E-state index contributed by atoms with van der Waals surface area (Å²) in [5, 5.41) is 1.58. The van der Waals surface area contributed by atoms with Crippen LogP contribution < -0.4 is 10.6 Å². The Morgan fingerprint density at radius 1 is 1.58 bits per heavy atom. The number of carbonyl (C=O) groups excluding carboxylic acids is 1. The van der Waals surface area contributed by atoms with E-state index in [2.05, 4.69) is 4.98 Å². The SMILES string of the molecule is Cc1cc(Cl)cc2sc(N3CCCC3C(N)=O)nc12. The van der Waals surface area contributed by atoms with Crippen LogP contribution in [0.1, 0.15) is 18.4 Å². The van der Waals surface area contributed by atoms with E-state index in [1.807, 2.05) is 24.0 Å². The maximum absolute atomic E-state index is 11.5. The summed E-state index contributed by atoms with van der Waals surface area (Å²) >= 11 is 7.63. The molecular formula is C13H14ClN3OS. The number of anilines is 1. The number of halogens is 1. The van der Waals surface area contributed by atoms with E-state index in [4.69, 9.17) is 17.3 Å². The van der Waals surface area contributed by atoms with E-state index in [0.29, 0.717) is 5.02 Å². The van der Waals surface area contributed by atoms with Gasteiger partial charge in [0, 0.05) is 11.6 Å². The summed E-state index contributed by atoms with van der Waals surface area (Å²) in [5.41, 5.74) is 7.46. The molecule has 0 spiro atoms. The molecule has 1 aromatic heterocycles. The average Bonchev–Trinajstić information content (AvgIpc) is 2.92. The van der Waals surface area contributed by atoms with Crippen LogP contribution >= 0.6 is 22.9 Å². The summed E-state index contributed by atoms with van der Waals surface area (Å²) in [6.07, 6.45) is 1.79. The van der Waals surface area contributed by atoms with E-state index < -0.39 is 0 Å². The molecule has 100 valence electrons. The minimum absolute atomic E-state index is 0.226. The number of fused-ring (bicyclic) bond motifs is 1. The number of carbonyl (C=O) groups is 1. The van der Waals surface area contributed by atoms with Crippen LogP contribution in [0.4, 0.5) is 5.13 Å². The van der Waals surface area contributed by atoms with E-state index in [9.17, 15) is 4.79 Å². The molecule has 1 amide bonds. The molecule has 1 aliphatic heterocycles. The summed E-state index contributed by atoms with van der Waals surface area (Å²) in [6, 6.07) is 3.60. The molecule has 1 fully saturated rings. The van der Waals surface area contributed by atoms with E-state index in [0.717, 1.165) is 40.3 Å². The lowest BCUT2D eigenvalue weighted by Gasteiger charge is -2.20. The fourth-order valence-electron chi connectivity index (χ4n) is 2.56. The zero-order valence-electron chi connectivity index (χ0n) is 10.5. The molecule has 1 aromatic carbocycles. The van der Waals surface area contributed by atoms with Gasteiger partial charge in [-0.15, -0.1) is 0 Å². The molecule has 6 heteroatoms. The molecule has 2 aromatic rings. The zero-order valence-corrected chi connectivity index (χ0v) is 12.1. The molecule has 1 aliphatic rings. The van der Waals surface area contributed by atoms with Gasteiger partial charge in [-0.2, -0.15) is 0 Å². The summed E-state index contributed by atoms with van der Waals surface area (Å²) in [6.45, 7) is 2.83. The standard InChI is InChI=1S/C13H14ClN3OS/c1-7-5-8(14)6-10-11(7)16-13(19-10)17-4-2-3-9(17)12(15)18/h5-6,9H,2-4H2,1H3,(H2,15,18). The van der Waals surface area contributed by atoms with Crippen molar-refractivity contribution in [1.29, 1.82) is 0 Å². The van der Waals surface area contributed by atoms with Crippen molar-refractivity contribution in [2.24, 2.45) is 5.73 Å². The minimum Gasteiger partial charge on any atom is -0.368 e. The van der Waals surface area contributed by atoms with Gasteiger partial charge in [-0.05, 0) is 37.5 Å². The number of rotatable bonds is 2. The van der Waals surface area contributed by atoms with Gasteiger partial charge in [0.15, 0.2) is 5.13 Å². The van der Waals surface area contributed by atoms with Crippen LogP contribution in [0.5, 0.6) is 0 Å². The van der Waals surface area contributed by atoms with E-state index in [1.54, 1.807) is 11.3 Å². The average molecular weight is 296 g/mol. The second-order valence-corrected chi connectivity index (χ2v) is 6.27. The number of aryl methyl sites for hydroxylation is 1. The normalized spacial score (nSPS) is 19.3. The fraction of sp³-hybridized carbons (Fsp3) is 0.385. The highest BCUT2D eigenvalue weighted by molar-refractivity contribution is 7.22. The zero-order chi connectivity index (χ0) is 13.6. The first kappa shape index (κ1) is 12.7. The van der Waals surface area contributed by atoms with Crippen molar-refractivity contribution in [3.63, 3.8) is 0 Å². The predicted octanol–water partition coefficient (Wildman–Crippen LogP) is 2.71. The Kier molecular flexibility index (Phi) is 3.11. The van der Waals surface area contributed by atoms with E-state index in [-0.39, 0.29) is 11.9 Å². The number of amides is 1. The Morgan fingerprint density at radius 3 is 3.11 bits per heavy atom. The number of thiazole rings is 1. The monoisotopic (exact) mass is 295 g/mol. The smallest absolute Gasteiger partial charge is 0.240 e. The number of nitrogens with two attached hydrogens (primary N) is 1. The Hall–Kier alpha value is -1.33. The quantitative estimate of drug-likeness (QED) is 0.927. The van der Waals surface area contributed by atoms with Crippen molar-refractivity contribution < 1.29 is 4.79 Å². The number of hydrogen-bond acceptors (Lipinski definition) is 4. The maximum Gasteiger partial charge on any atom is 0.240 e. The Bertz CT molecular complexity index is 655. The number of nitrogens with zero attached hydrogens (tertiary/aromatic N) is 2. The van der Waals surface area contributed by atoms with Gasteiger partial charge < -0.3 is 10.6 Å². The lowest BCUT2D eigenvalue weighted by atomic mass is 10.2. The molecule has 0 bridgehead atoms. The maximum atomic E-state index is 11.5. The van der Waals surface area contributed by atoms with Crippen LogP contribution in [0.3, 0.4) is 0 Å². The molecule has 0 radical (unpaired) electrons. The lowest BCUT2D eigenvalue weighted by molar-refractivity contribution is -0.119. The molecule has 19 heavy (non-hydrogen) atoms. The van der Waals surface area contributed by atoms with Crippen molar-refractivity contribution in [3.05, 3.63) is 22.7 Å². The van der Waals surface area contributed by atoms with Gasteiger partial charge in [-0.25, -0.2) is 4.98 Å². The Morgan fingerprint density at radius 2 is 2.37 bits per heavy atom. The van der Waals surface area contributed by atoms with Gasteiger partial charge in [0.2, 0.25) is 5.91 Å². The molecule has 1 unspecified atom stereocenters. The largest absolute Gasteiger partial charge is 0.368 e. The van der Waals surface area contributed by atoms with Crippen molar-refractivity contribution in [2.45, 2.75) is 25.8 Å². The van der Waals surface area contributed by atoms with Crippen LogP contribution in [-0.4, -0.2) is 23.5 Å². The molecule has 1 saturated heterocycles. The first-order chi connectivity index (χ1) is 9.06. The van der Waals surface area contributed by atoms with Crippen LogP contribution in [0, 0.1) is 6.92 Å². The molecular weight excluding hydrogens is 282 g/mol. The second-order valence-electron chi connectivity index (χ2n) is 4.82. The van der Waals surface area contributed by atoms with Crippen molar-refractivity contribution in [3.8, 4) is 0 Å². The van der Waals surface area contributed by atoms with Crippen LogP contribution in [0.2, 0.25) is 5.02 Å². The highest BCUT2D eigenvalue weighted by Crippen LogP contribution is 2.35. The van der Waals surface area contributed by atoms with Crippen molar-refractivity contribution >= 4 is 44.2 Å². The molecule has 2 N–H and O–H groups in total. The number of hydrogen-bond donors (Lipinski definition) is 1. The van der Waals surface area contributed by atoms with Gasteiger partial charge in [0.25, 0.3) is 0 Å². The van der Waals surface area contributed by atoms with Gasteiger partial charge in [-0.3, -0.25) is 4.79 Å². The molecule has 0 aliphatic carbocycles.